The van der Waals surface area contributed by atoms with Crippen LogP contribution < -0.4 is 20.4 Å². The summed E-state index contributed by atoms with van der Waals surface area (Å²) in [6, 6.07) is 14.8. The lowest BCUT2D eigenvalue weighted by Gasteiger charge is -2.38. The SMILES string of the molecule is C=C(C)/C(C(=O)Nc1cc(C(=C)NCCCC)ccc1N1CCN(c2ccccc2C)CC1)=C(/C)SC.C=C(C)CCCC. The molecule has 1 amide bonds. The second-order valence-electron chi connectivity index (χ2n) is 11.7. The van der Waals surface area contributed by atoms with Crippen molar-refractivity contribution < 1.29 is 4.79 Å². The quantitative estimate of drug-likeness (QED) is 0.0958. The van der Waals surface area contributed by atoms with Crippen molar-refractivity contribution in [3.63, 3.8) is 0 Å². The van der Waals surface area contributed by atoms with Gasteiger partial charge in [0.05, 0.1) is 16.9 Å². The highest BCUT2D eigenvalue weighted by atomic mass is 32.2. The number of nitrogens with zero attached hydrogens (tertiary/aromatic N) is 2. The van der Waals surface area contributed by atoms with E-state index >= 15 is 0 Å². The normalized spacial score (nSPS) is 13.3. The Bertz CT molecular complexity index is 1300. The number of unbranched alkanes of at least 4 members (excludes halogenated alkanes) is 2. The number of carbonyl (C=O) groups excluding carboxylic acids is 1. The lowest BCUT2D eigenvalue weighted by molar-refractivity contribution is -0.112. The van der Waals surface area contributed by atoms with Crippen LogP contribution in [0.25, 0.3) is 5.70 Å². The van der Waals surface area contributed by atoms with Crippen LogP contribution in [0.1, 0.15) is 77.8 Å². The molecule has 1 aliphatic heterocycles. The van der Waals surface area contributed by atoms with Gasteiger partial charge in [-0.15, -0.1) is 18.3 Å². The molecule has 5 nitrogen and oxygen atoms in total. The maximum absolute atomic E-state index is 13.4. The minimum atomic E-state index is -0.124. The first-order valence-electron chi connectivity index (χ1n) is 16.0. The zero-order valence-electron chi connectivity index (χ0n) is 28.4. The van der Waals surface area contributed by atoms with Crippen LogP contribution in [0, 0.1) is 6.92 Å². The zero-order valence-corrected chi connectivity index (χ0v) is 29.3. The number of hydrogen-bond acceptors (Lipinski definition) is 5. The number of carbonyl (C=O) groups is 1. The molecule has 44 heavy (non-hydrogen) atoms. The highest BCUT2D eigenvalue weighted by Crippen LogP contribution is 2.32. The molecule has 3 rings (SSSR count). The van der Waals surface area contributed by atoms with Crippen LogP contribution in [0.4, 0.5) is 17.1 Å². The van der Waals surface area contributed by atoms with Crippen LogP contribution in [0.2, 0.25) is 0 Å². The van der Waals surface area contributed by atoms with E-state index in [9.17, 15) is 4.79 Å². The molecule has 0 radical (unpaired) electrons. The molecule has 0 aromatic heterocycles. The number of anilines is 3. The fourth-order valence-corrected chi connectivity index (χ4v) is 5.61. The standard InChI is InChI=1S/C31H42N4OS.C7H14/c1-8-9-16-32-24(5)26-14-15-29(27(21-26)33-31(36)30(22(2)3)25(6)37-7)35-19-17-34(18-20-35)28-13-11-10-12-23(28)4;1-4-5-6-7(2)3/h10-15,21,32H,2,5,8-9,16-20H2,1,3-4,6-7H3,(H,33,36);2,4-6H2,1,3H3/b30-25+;. The Balaban J connectivity index is 0.000000860. The summed E-state index contributed by atoms with van der Waals surface area (Å²) >= 11 is 1.57. The fourth-order valence-electron chi connectivity index (χ4n) is 5.14. The summed E-state index contributed by atoms with van der Waals surface area (Å²) in [5.74, 6) is -0.124. The summed E-state index contributed by atoms with van der Waals surface area (Å²) in [5.41, 5.74) is 9.00. The zero-order chi connectivity index (χ0) is 32.6. The van der Waals surface area contributed by atoms with Gasteiger partial charge in [-0.1, -0.05) is 69.7 Å². The van der Waals surface area contributed by atoms with Gasteiger partial charge in [0.2, 0.25) is 0 Å². The number of rotatable bonds is 14. The van der Waals surface area contributed by atoms with E-state index in [4.69, 9.17) is 0 Å². The van der Waals surface area contributed by atoms with Gasteiger partial charge in [0, 0.05) is 44.1 Å². The van der Waals surface area contributed by atoms with Crippen molar-refractivity contribution in [2.75, 3.05) is 54.1 Å². The summed E-state index contributed by atoms with van der Waals surface area (Å²) in [5, 5.41) is 6.65. The average Bonchev–Trinajstić information content (AvgIpc) is 3.00. The molecule has 6 heteroatoms. The molecule has 2 aromatic rings. The number of benzene rings is 2. The molecule has 1 aliphatic rings. The van der Waals surface area contributed by atoms with E-state index in [1.54, 1.807) is 11.8 Å². The molecular weight excluding hydrogens is 561 g/mol. The monoisotopic (exact) mass is 616 g/mol. The molecule has 0 bridgehead atoms. The van der Waals surface area contributed by atoms with Crippen LogP contribution >= 0.6 is 11.8 Å². The Labute approximate surface area is 272 Å². The van der Waals surface area contributed by atoms with Crippen molar-refractivity contribution in [1.82, 2.24) is 5.32 Å². The number of nitrogens with one attached hydrogen (secondary N) is 2. The average molecular weight is 617 g/mol. The number of thioether (sulfide) groups is 1. The van der Waals surface area contributed by atoms with Gasteiger partial charge in [-0.25, -0.2) is 0 Å². The van der Waals surface area contributed by atoms with E-state index in [0.717, 1.165) is 78.7 Å². The van der Waals surface area contributed by atoms with Crippen molar-refractivity contribution in [2.24, 2.45) is 0 Å². The first kappa shape index (κ1) is 36.8. The minimum Gasteiger partial charge on any atom is -0.385 e. The highest BCUT2D eigenvalue weighted by Gasteiger charge is 2.23. The lowest BCUT2D eigenvalue weighted by Crippen LogP contribution is -2.47. The molecular formula is C38H56N4OS. The number of aryl methyl sites for hydroxylation is 1. The molecule has 1 fully saturated rings. The van der Waals surface area contributed by atoms with Crippen LogP contribution in [-0.2, 0) is 4.79 Å². The van der Waals surface area contributed by atoms with E-state index in [0.29, 0.717) is 5.57 Å². The van der Waals surface area contributed by atoms with Gasteiger partial charge in [0.1, 0.15) is 0 Å². The number of allylic oxidation sites excluding steroid dienone is 2. The van der Waals surface area contributed by atoms with Crippen molar-refractivity contribution in [3.8, 4) is 0 Å². The van der Waals surface area contributed by atoms with Gasteiger partial charge in [0.25, 0.3) is 5.91 Å². The van der Waals surface area contributed by atoms with Gasteiger partial charge >= 0.3 is 0 Å². The van der Waals surface area contributed by atoms with Crippen molar-refractivity contribution in [3.05, 3.63) is 95.0 Å². The Morgan fingerprint density at radius 3 is 2.02 bits per heavy atom. The van der Waals surface area contributed by atoms with Crippen LogP contribution in [-0.4, -0.2) is 44.9 Å². The van der Waals surface area contributed by atoms with Crippen LogP contribution in [0.3, 0.4) is 0 Å². The van der Waals surface area contributed by atoms with E-state index in [1.165, 1.54) is 36.1 Å². The third-order valence-electron chi connectivity index (χ3n) is 7.81. The molecule has 1 saturated heterocycles. The summed E-state index contributed by atoms with van der Waals surface area (Å²) < 4.78 is 0. The predicted molar refractivity (Wildman–Crippen MR) is 198 cm³/mol. The number of piperazine rings is 1. The molecule has 2 N–H and O–H groups in total. The van der Waals surface area contributed by atoms with Crippen LogP contribution in [0.5, 0.6) is 0 Å². The predicted octanol–water partition coefficient (Wildman–Crippen LogP) is 9.59. The molecule has 240 valence electrons. The van der Waals surface area contributed by atoms with E-state index < -0.39 is 0 Å². The maximum Gasteiger partial charge on any atom is 0.256 e. The highest BCUT2D eigenvalue weighted by molar-refractivity contribution is 8.02. The largest absolute Gasteiger partial charge is 0.385 e. The first-order chi connectivity index (χ1) is 21.0. The molecule has 0 saturated carbocycles. The Kier molecular flexibility index (Phi) is 16.0. The molecule has 2 aromatic carbocycles. The van der Waals surface area contributed by atoms with Gasteiger partial charge in [-0.05, 0) is 93.0 Å². The van der Waals surface area contributed by atoms with Gasteiger partial charge in [-0.2, -0.15) is 0 Å². The summed E-state index contributed by atoms with van der Waals surface area (Å²) in [4.78, 5) is 19.2. The second kappa shape index (κ2) is 19.1. The van der Waals surface area contributed by atoms with Gasteiger partial charge in [0.15, 0.2) is 0 Å². The number of amides is 1. The Morgan fingerprint density at radius 2 is 1.50 bits per heavy atom. The number of hydrogen-bond donors (Lipinski definition) is 2. The Hall–Kier alpha value is -3.38. The fraction of sp³-hybridized carbons (Fsp3) is 0.447. The third kappa shape index (κ3) is 11.3. The topological polar surface area (TPSA) is 47.6 Å². The summed E-state index contributed by atoms with van der Waals surface area (Å²) in [6.07, 6.45) is 7.99. The van der Waals surface area contributed by atoms with Crippen molar-refractivity contribution in [1.29, 1.82) is 0 Å². The summed E-state index contributed by atoms with van der Waals surface area (Å²) in [7, 11) is 0. The van der Waals surface area contributed by atoms with E-state index in [2.05, 4.69) is 104 Å². The van der Waals surface area contributed by atoms with Gasteiger partial charge in [-0.3, -0.25) is 4.79 Å². The third-order valence-corrected chi connectivity index (χ3v) is 8.62. The lowest BCUT2D eigenvalue weighted by atomic mass is 10.1. The molecule has 0 spiro atoms. The summed E-state index contributed by atoms with van der Waals surface area (Å²) in [6.45, 7) is 29.0. The first-order valence-corrected chi connectivity index (χ1v) is 17.3. The van der Waals surface area contributed by atoms with Crippen molar-refractivity contribution >= 4 is 40.4 Å². The Morgan fingerprint density at radius 1 is 0.886 bits per heavy atom. The van der Waals surface area contributed by atoms with Crippen LogP contribution in [0.15, 0.2) is 83.8 Å². The van der Waals surface area contributed by atoms with E-state index in [-0.39, 0.29) is 5.91 Å². The molecule has 0 unspecified atom stereocenters. The second-order valence-corrected chi connectivity index (χ2v) is 12.7. The van der Waals surface area contributed by atoms with Crippen molar-refractivity contribution in [2.45, 2.75) is 73.6 Å². The smallest absolute Gasteiger partial charge is 0.256 e. The van der Waals surface area contributed by atoms with Gasteiger partial charge < -0.3 is 20.4 Å². The maximum atomic E-state index is 13.4. The molecule has 0 atom stereocenters. The van der Waals surface area contributed by atoms with E-state index in [1.807, 2.05) is 26.2 Å². The number of para-hydroxylation sites is 1. The molecule has 0 aliphatic carbocycles. The molecule has 1 heterocycles. The minimum absolute atomic E-state index is 0.124.